The van der Waals surface area contributed by atoms with Crippen LogP contribution < -0.4 is 10.5 Å². The molecule has 0 aromatic heterocycles. The van der Waals surface area contributed by atoms with E-state index in [-0.39, 0.29) is 23.4 Å². The molecule has 1 aromatic carbocycles. The monoisotopic (exact) mass is 378 g/mol. The number of hydrogen-bond donors (Lipinski definition) is 2. The third kappa shape index (κ3) is 4.64. The van der Waals surface area contributed by atoms with Gasteiger partial charge < -0.3 is 5.73 Å². The van der Waals surface area contributed by atoms with Crippen molar-refractivity contribution >= 4 is 38.4 Å². The molecule has 19 heavy (non-hydrogen) atoms. The van der Waals surface area contributed by atoms with Crippen LogP contribution in [-0.4, -0.2) is 20.5 Å². The van der Waals surface area contributed by atoms with E-state index in [9.17, 15) is 17.2 Å². The van der Waals surface area contributed by atoms with Gasteiger partial charge in [0.25, 0.3) is 0 Å². The zero-order valence-electron chi connectivity index (χ0n) is 10.2. The molecular weight excluding hydrogens is 366 g/mol. The molecule has 0 spiro atoms. The van der Waals surface area contributed by atoms with Crippen LogP contribution in [0.4, 0.5) is 8.78 Å². The minimum atomic E-state index is -4.17. The lowest BCUT2D eigenvalue weighted by molar-refractivity contribution is 0.458. The maximum atomic E-state index is 13.6. The van der Waals surface area contributed by atoms with Gasteiger partial charge in [-0.1, -0.05) is 0 Å². The van der Waals surface area contributed by atoms with Crippen LogP contribution in [0.1, 0.15) is 13.8 Å². The molecule has 0 bridgehead atoms. The van der Waals surface area contributed by atoms with Gasteiger partial charge in [0.15, 0.2) is 0 Å². The van der Waals surface area contributed by atoms with Crippen molar-refractivity contribution in [2.24, 2.45) is 5.73 Å². The van der Waals surface area contributed by atoms with Crippen molar-refractivity contribution in [1.29, 1.82) is 0 Å². The maximum absolute atomic E-state index is 13.6. The highest BCUT2D eigenvalue weighted by atomic mass is 79.9. The zero-order chi connectivity index (χ0) is 14.1. The molecule has 110 valence electrons. The second kappa shape index (κ2) is 6.45. The van der Waals surface area contributed by atoms with Gasteiger partial charge in [-0.15, -0.1) is 12.4 Å². The first-order valence-corrected chi connectivity index (χ1v) is 7.25. The number of nitrogens with one attached hydrogen (secondary N) is 1. The Hall–Kier alpha value is -0.280. The second-order valence-electron chi connectivity index (χ2n) is 4.39. The van der Waals surface area contributed by atoms with Crippen molar-refractivity contribution in [3.63, 3.8) is 0 Å². The van der Waals surface area contributed by atoms with Crippen LogP contribution in [0.3, 0.4) is 0 Å². The van der Waals surface area contributed by atoms with Crippen molar-refractivity contribution in [1.82, 2.24) is 4.72 Å². The Bertz CT molecular complexity index is 567. The molecule has 3 N–H and O–H groups in total. The summed E-state index contributed by atoms with van der Waals surface area (Å²) in [5.41, 5.74) is 4.43. The van der Waals surface area contributed by atoms with E-state index >= 15 is 0 Å². The molecule has 0 aliphatic carbocycles. The SMILES string of the molecule is CC(C)(CN)NS(=O)(=O)c1cc(F)c(Br)cc1F.Cl. The predicted octanol–water partition coefficient (Wildman–Crippen LogP) is 2.16. The van der Waals surface area contributed by atoms with Gasteiger partial charge in [-0.05, 0) is 41.9 Å². The fourth-order valence-corrected chi connectivity index (χ4v) is 2.98. The van der Waals surface area contributed by atoms with E-state index in [1.807, 2.05) is 0 Å². The fraction of sp³-hybridized carbons (Fsp3) is 0.400. The van der Waals surface area contributed by atoms with E-state index in [0.717, 1.165) is 6.07 Å². The zero-order valence-corrected chi connectivity index (χ0v) is 13.4. The van der Waals surface area contributed by atoms with Gasteiger partial charge in [0.05, 0.1) is 4.47 Å². The molecule has 9 heteroatoms. The first-order valence-electron chi connectivity index (χ1n) is 4.98. The van der Waals surface area contributed by atoms with Crippen LogP contribution in [0.15, 0.2) is 21.5 Å². The molecule has 0 aliphatic rings. The summed E-state index contributed by atoms with van der Waals surface area (Å²) < 4.78 is 52.7. The highest BCUT2D eigenvalue weighted by molar-refractivity contribution is 9.10. The highest BCUT2D eigenvalue weighted by Crippen LogP contribution is 2.23. The van der Waals surface area contributed by atoms with Gasteiger partial charge in [0.2, 0.25) is 10.0 Å². The summed E-state index contributed by atoms with van der Waals surface area (Å²) in [7, 11) is -4.17. The number of nitrogens with two attached hydrogens (primary N) is 1. The van der Waals surface area contributed by atoms with Gasteiger partial charge in [-0.25, -0.2) is 21.9 Å². The molecular formula is C10H14BrClF2N2O2S. The largest absolute Gasteiger partial charge is 0.329 e. The Morgan fingerprint density at radius 2 is 1.84 bits per heavy atom. The highest BCUT2D eigenvalue weighted by Gasteiger charge is 2.28. The van der Waals surface area contributed by atoms with Gasteiger partial charge in [0.1, 0.15) is 16.5 Å². The summed E-state index contributed by atoms with van der Waals surface area (Å²) in [6.07, 6.45) is 0. The molecule has 4 nitrogen and oxygen atoms in total. The van der Waals surface area contributed by atoms with Crippen molar-refractivity contribution in [3.8, 4) is 0 Å². The normalized spacial score (nSPS) is 12.1. The fourth-order valence-electron chi connectivity index (χ4n) is 1.17. The van der Waals surface area contributed by atoms with Crippen LogP contribution in [0.25, 0.3) is 0 Å². The molecule has 0 atom stereocenters. The molecule has 1 rings (SSSR count). The van der Waals surface area contributed by atoms with Gasteiger partial charge in [0, 0.05) is 12.1 Å². The van der Waals surface area contributed by atoms with Crippen LogP contribution >= 0.6 is 28.3 Å². The van der Waals surface area contributed by atoms with Crippen molar-refractivity contribution in [2.45, 2.75) is 24.3 Å². The van der Waals surface area contributed by atoms with Gasteiger partial charge in [-0.3, -0.25) is 0 Å². The number of halogens is 4. The number of benzene rings is 1. The summed E-state index contributed by atoms with van der Waals surface area (Å²) in [5, 5.41) is 0. The third-order valence-corrected chi connectivity index (χ3v) is 4.51. The minimum Gasteiger partial charge on any atom is -0.329 e. The van der Waals surface area contributed by atoms with E-state index in [2.05, 4.69) is 20.7 Å². The van der Waals surface area contributed by atoms with Gasteiger partial charge >= 0.3 is 0 Å². The Morgan fingerprint density at radius 3 is 2.32 bits per heavy atom. The second-order valence-corrected chi connectivity index (χ2v) is 6.90. The molecule has 0 saturated heterocycles. The Labute approximate surface area is 125 Å². The average molecular weight is 380 g/mol. The van der Waals surface area contributed by atoms with E-state index in [1.54, 1.807) is 0 Å². The van der Waals surface area contributed by atoms with Crippen molar-refractivity contribution in [3.05, 3.63) is 28.2 Å². The molecule has 0 amide bonds. The first-order chi connectivity index (χ1) is 8.09. The van der Waals surface area contributed by atoms with E-state index < -0.39 is 32.1 Å². The van der Waals surface area contributed by atoms with Gasteiger partial charge in [-0.2, -0.15) is 0 Å². The van der Waals surface area contributed by atoms with Crippen LogP contribution in [0.2, 0.25) is 0 Å². The number of rotatable bonds is 4. The molecule has 0 unspecified atom stereocenters. The Morgan fingerprint density at radius 1 is 1.32 bits per heavy atom. The topological polar surface area (TPSA) is 72.2 Å². The van der Waals surface area contributed by atoms with Crippen LogP contribution in [0, 0.1) is 11.6 Å². The van der Waals surface area contributed by atoms with Crippen LogP contribution in [0.5, 0.6) is 0 Å². The maximum Gasteiger partial charge on any atom is 0.244 e. The summed E-state index contributed by atoms with van der Waals surface area (Å²) in [5.74, 6) is -1.90. The quantitative estimate of drug-likeness (QED) is 0.788. The molecule has 0 radical (unpaired) electrons. The Balaban J connectivity index is 0.00000324. The molecule has 0 fully saturated rings. The van der Waals surface area contributed by atoms with Crippen molar-refractivity contribution in [2.75, 3.05) is 6.54 Å². The minimum absolute atomic E-state index is 0. The molecule has 0 heterocycles. The molecule has 0 saturated carbocycles. The molecule has 1 aromatic rings. The summed E-state index contributed by atoms with van der Waals surface area (Å²) in [6.45, 7) is 3.10. The lowest BCUT2D eigenvalue weighted by Gasteiger charge is -2.24. The van der Waals surface area contributed by atoms with E-state index in [4.69, 9.17) is 5.73 Å². The predicted molar refractivity (Wildman–Crippen MR) is 74.8 cm³/mol. The summed E-state index contributed by atoms with van der Waals surface area (Å²) in [4.78, 5) is -0.746. The molecule has 0 aliphatic heterocycles. The lowest BCUT2D eigenvalue weighted by Crippen LogP contribution is -2.48. The standard InChI is InChI=1S/C10H13BrF2N2O2S.ClH/c1-10(2,5-14)15-18(16,17)9-4-7(12)6(11)3-8(9)13;/h3-4,15H,5,14H2,1-2H3;1H. The van der Waals surface area contributed by atoms with Crippen molar-refractivity contribution < 1.29 is 17.2 Å². The van der Waals surface area contributed by atoms with Crippen LogP contribution in [-0.2, 0) is 10.0 Å². The number of hydrogen-bond acceptors (Lipinski definition) is 3. The summed E-state index contributed by atoms with van der Waals surface area (Å²) >= 11 is 2.77. The first kappa shape index (κ1) is 18.7. The van der Waals surface area contributed by atoms with E-state index in [1.165, 1.54) is 13.8 Å². The smallest absolute Gasteiger partial charge is 0.244 e. The Kier molecular flexibility index (Phi) is 6.35. The third-order valence-electron chi connectivity index (χ3n) is 2.19. The average Bonchev–Trinajstić information content (AvgIpc) is 2.21. The lowest BCUT2D eigenvalue weighted by atomic mass is 10.1. The number of sulfonamides is 1. The van der Waals surface area contributed by atoms with E-state index in [0.29, 0.717) is 6.07 Å². The summed E-state index contributed by atoms with van der Waals surface area (Å²) in [6, 6.07) is 1.38.